The number of aromatic nitrogens is 1. The van der Waals surface area contributed by atoms with Gasteiger partial charge in [0.15, 0.2) is 10.7 Å². The molecule has 7 heteroatoms. The summed E-state index contributed by atoms with van der Waals surface area (Å²) in [6.07, 6.45) is 2.97. The van der Waals surface area contributed by atoms with Gasteiger partial charge in [-0.2, -0.15) is 0 Å². The van der Waals surface area contributed by atoms with Crippen LogP contribution in [0.1, 0.15) is 11.3 Å². The van der Waals surface area contributed by atoms with Crippen molar-refractivity contribution in [1.29, 1.82) is 0 Å². The van der Waals surface area contributed by atoms with Gasteiger partial charge in [0.1, 0.15) is 17.0 Å². The highest BCUT2D eigenvalue weighted by atomic mass is 32.1. The van der Waals surface area contributed by atoms with Crippen molar-refractivity contribution in [3.63, 3.8) is 0 Å². The van der Waals surface area contributed by atoms with E-state index in [1.807, 2.05) is 91.9 Å². The molecule has 0 aliphatic heterocycles. The fourth-order valence-electron chi connectivity index (χ4n) is 3.56. The molecular weight excluding hydrogens is 458 g/mol. The number of hydrogen-bond acceptors (Lipinski definition) is 5. The number of amides is 1. The molecule has 0 atom stereocenters. The average Bonchev–Trinajstić information content (AvgIpc) is 3.50. The number of hydrogen-bond donors (Lipinski definition) is 2. The monoisotopic (exact) mass is 479 g/mol. The van der Waals surface area contributed by atoms with Gasteiger partial charge in [0, 0.05) is 22.9 Å². The second-order valence-corrected chi connectivity index (χ2v) is 8.32. The van der Waals surface area contributed by atoms with E-state index < -0.39 is 0 Å². The Morgan fingerprint density at radius 2 is 1.74 bits per heavy atom. The predicted molar refractivity (Wildman–Crippen MR) is 142 cm³/mol. The molecule has 35 heavy (non-hydrogen) atoms. The largest absolute Gasteiger partial charge is 0.457 e. The van der Waals surface area contributed by atoms with Gasteiger partial charge < -0.3 is 14.2 Å². The number of benzene rings is 3. The van der Waals surface area contributed by atoms with Crippen LogP contribution in [0.2, 0.25) is 0 Å². The first-order chi connectivity index (χ1) is 17.0. The molecule has 172 valence electrons. The Hall–Kier alpha value is -4.49. The van der Waals surface area contributed by atoms with Gasteiger partial charge in [0.05, 0.1) is 0 Å². The lowest BCUT2D eigenvalue weighted by Gasteiger charge is -2.08. The fourth-order valence-corrected chi connectivity index (χ4v) is 3.78. The number of aryl methyl sites for hydroxylation is 1. The number of furan rings is 1. The van der Waals surface area contributed by atoms with Gasteiger partial charge in [-0.1, -0.05) is 42.5 Å². The maximum Gasteiger partial charge on any atom is 0.250 e. The summed E-state index contributed by atoms with van der Waals surface area (Å²) in [7, 11) is 0. The van der Waals surface area contributed by atoms with Crippen molar-refractivity contribution in [2.75, 3.05) is 5.32 Å². The molecule has 0 saturated heterocycles. The van der Waals surface area contributed by atoms with Crippen molar-refractivity contribution in [3.8, 4) is 22.8 Å². The van der Waals surface area contributed by atoms with Crippen LogP contribution in [-0.4, -0.2) is 16.0 Å². The fraction of sp³-hybridized carbons (Fsp3) is 0.0357. The molecule has 2 aromatic heterocycles. The Bertz CT molecular complexity index is 1550. The van der Waals surface area contributed by atoms with Crippen molar-refractivity contribution in [2.24, 2.45) is 0 Å². The molecule has 2 N–H and O–H groups in total. The van der Waals surface area contributed by atoms with E-state index in [0.717, 1.165) is 33.6 Å². The SMILES string of the molecule is Cc1ccc2oc(-c3cccc(NC(=S)NC(=O)/C=C/c4ccc(-c5ccccc5)o4)c3)nc2c1. The molecule has 0 bridgehead atoms. The number of nitrogens with zero attached hydrogens (tertiary/aromatic N) is 1. The third kappa shape index (κ3) is 5.37. The van der Waals surface area contributed by atoms with Crippen molar-refractivity contribution < 1.29 is 13.6 Å². The number of carbonyl (C=O) groups excluding carboxylic acids is 1. The van der Waals surface area contributed by atoms with Crippen LogP contribution in [0.3, 0.4) is 0 Å². The molecule has 3 aromatic carbocycles. The maximum atomic E-state index is 12.3. The Kier molecular flexibility index (Phi) is 6.24. The first-order valence-corrected chi connectivity index (χ1v) is 11.4. The normalized spacial score (nSPS) is 11.1. The third-order valence-electron chi connectivity index (χ3n) is 5.23. The van der Waals surface area contributed by atoms with E-state index in [1.165, 1.54) is 6.08 Å². The van der Waals surface area contributed by atoms with Crippen LogP contribution < -0.4 is 10.6 Å². The molecule has 0 radical (unpaired) electrons. The zero-order valence-corrected chi connectivity index (χ0v) is 19.6. The number of fused-ring (bicyclic) bond motifs is 1. The molecule has 0 aliphatic carbocycles. The van der Waals surface area contributed by atoms with Gasteiger partial charge in [-0.15, -0.1) is 0 Å². The lowest BCUT2D eigenvalue weighted by Crippen LogP contribution is -2.32. The first-order valence-electron chi connectivity index (χ1n) is 11.0. The number of oxazole rings is 1. The smallest absolute Gasteiger partial charge is 0.250 e. The predicted octanol–water partition coefficient (Wildman–Crippen LogP) is 6.59. The molecule has 0 aliphatic rings. The van der Waals surface area contributed by atoms with Crippen LogP contribution in [0.15, 0.2) is 99.8 Å². The first kappa shape index (κ1) is 22.3. The zero-order valence-electron chi connectivity index (χ0n) is 18.8. The molecule has 5 aromatic rings. The molecular formula is C28H21N3O3S. The summed E-state index contributed by atoms with van der Waals surface area (Å²) in [5.74, 6) is 1.45. The van der Waals surface area contributed by atoms with Crippen LogP contribution in [0, 0.1) is 6.92 Å². The van der Waals surface area contributed by atoms with E-state index in [2.05, 4.69) is 15.6 Å². The van der Waals surface area contributed by atoms with Crippen molar-refractivity contribution >= 4 is 46.1 Å². The Balaban J connectivity index is 1.21. The van der Waals surface area contributed by atoms with E-state index in [-0.39, 0.29) is 11.0 Å². The van der Waals surface area contributed by atoms with Gasteiger partial charge in [0.25, 0.3) is 0 Å². The van der Waals surface area contributed by atoms with Gasteiger partial charge in [-0.25, -0.2) is 4.98 Å². The number of thiocarbonyl (C=S) groups is 1. The Labute approximate surface area is 207 Å². The number of anilines is 1. The van der Waals surface area contributed by atoms with Crippen LogP contribution in [0.5, 0.6) is 0 Å². The van der Waals surface area contributed by atoms with Gasteiger partial charge in [0.2, 0.25) is 11.8 Å². The number of rotatable bonds is 5. The third-order valence-corrected chi connectivity index (χ3v) is 5.44. The molecule has 0 saturated carbocycles. The second kappa shape index (κ2) is 9.79. The van der Waals surface area contributed by atoms with Crippen LogP contribution in [0.4, 0.5) is 5.69 Å². The summed E-state index contributed by atoms with van der Waals surface area (Å²) in [5, 5.41) is 5.84. The molecule has 0 fully saturated rings. The minimum atomic E-state index is -0.370. The molecule has 6 nitrogen and oxygen atoms in total. The highest BCUT2D eigenvalue weighted by Gasteiger charge is 2.10. The van der Waals surface area contributed by atoms with Crippen LogP contribution in [0.25, 0.3) is 40.0 Å². The zero-order chi connectivity index (χ0) is 24.2. The summed E-state index contributed by atoms with van der Waals surface area (Å²) in [4.78, 5) is 16.9. The summed E-state index contributed by atoms with van der Waals surface area (Å²) in [6.45, 7) is 2.01. The lowest BCUT2D eigenvalue weighted by atomic mass is 10.2. The van der Waals surface area contributed by atoms with Gasteiger partial charge in [-0.3, -0.25) is 10.1 Å². The van der Waals surface area contributed by atoms with Crippen molar-refractivity contribution in [2.45, 2.75) is 6.92 Å². The Morgan fingerprint density at radius 1 is 0.914 bits per heavy atom. The van der Waals surface area contributed by atoms with Crippen LogP contribution >= 0.6 is 12.2 Å². The van der Waals surface area contributed by atoms with Crippen molar-refractivity contribution in [3.05, 3.63) is 102 Å². The minimum absolute atomic E-state index is 0.175. The highest BCUT2D eigenvalue weighted by Crippen LogP contribution is 2.27. The number of carbonyl (C=O) groups is 1. The average molecular weight is 480 g/mol. The van der Waals surface area contributed by atoms with E-state index in [9.17, 15) is 4.79 Å². The van der Waals surface area contributed by atoms with Gasteiger partial charge in [-0.05, 0) is 73.2 Å². The summed E-state index contributed by atoms with van der Waals surface area (Å²) >= 11 is 5.30. The quantitative estimate of drug-likeness (QED) is 0.219. The number of nitrogens with one attached hydrogen (secondary N) is 2. The van der Waals surface area contributed by atoms with Gasteiger partial charge >= 0.3 is 0 Å². The topological polar surface area (TPSA) is 80.3 Å². The molecule has 0 spiro atoms. The highest BCUT2D eigenvalue weighted by molar-refractivity contribution is 7.80. The summed E-state index contributed by atoms with van der Waals surface area (Å²) < 4.78 is 11.7. The van der Waals surface area contributed by atoms with E-state index in [1.54, 1.807) is 6.08 Å². The minimum Gasteiger partial charge on any atom is -0.457 e. The molecule has 1 amide bonds. The van der Waals surface area contributed by atoms with Crippen LogP contribution in [-0.2, 0) is 4.79 Å². The maximum absolute atomic E-state index is 12.3. The second-order valence-electron chi connectivity index (χ2n) is 7.92. The van der Waals surface area contributed by atoms with E-state index >= 15 is 0 Å². The molecule has 2 heterocycles. The lowest BCUT2D eigenvalue weighted by molar-refractivity contribution is -0.115. The summed E-state index contributed by atoms with van der Waals surface area (Å²) in [6, 6.07) is 26.8. The van der Waals surface area contributed by atoms with Crippen molar-refractivity contribution in [1.82, 2.24) is 10.3 Å². The standard InChI is InChI=1S/C28H21N3O3S/c1-18-10-13-25-23(16-18)30-27(34-25)20-8-5-9-21(17-20)29-28(35)31-26(32)15-12-22-11-14-24(33-22)19-6-3-2-4-7-19/h2-17H,1H3,(H2,29,31,32,35)/b15-12+. The molecule has 5 rings (SSSR count). The summed E-state index contributed by atoms with van der Waals surface area (Å²) in [5.41, 5.74) is 5.12. The van der Waals surface area contributed by atoms with E-state index in [4.69, 9.17) is 21.1 Å². The Morgan fingerprint density at radius 3 is 2.60 bits per heavy atom. The van der Waals surface area contributed by atoms with E-state index in [0.29, 0.717) is 17.3 Å². The molecule has 0 unspecified atom stereocenters.